The maximum atomic E-state index is 10.6. The highest BCUT2D eigenvalue weighted by atomic mass is 16.6. The van der Waals surface area contributed by atoms with Gasteiger partial charge in [0.25, 0.3) is 0 Å². The molecule has 0 bridgehead atoms. The molecule has 1 aliphatic carbocycles. The molecule has 94 valence electrons. The van der Waals surface area contributed by atoms with E-state index >= 15 is 0 Å². The van der Waals surface area contributed by atoms with Crippen LogP contribution in [0.3, 0.4) is 0 Å². The first-order chi connectivity index (χ1) is 7.52. The monoisotopic (exact) mass is 229 g/mol. The smallest absolute Gasteiger partial charge is 0.229 e. The van der Waals surface area contributed by atoms with Crippen molar-refractivity contribution in [2.45, 2.75) is 51.1 Å². The molecule has 0 aliphatic heterocycles. The summed E-state index contributed by atoms with van der Waals surface area (Å²) in [5.41, 5.74) is -0.868. The summed E-state index contributed by atoms with van der Waals surface area (Å²) < 4.78 is 0. The topological polar surface area (TPSA) is 67.2 Å². The van der Waals surface area contributed by atoms with Gasteiger partial charge >= 0.3 is 0 Å². The Bertz CT molecular complexity index is 225. The van der Waals surface area contributed by atoms with Crippen molar-refractivity contribution in [2.24, 2.45) is 0 Å². The summed E-state index contributed by atoms with van der Waals surface area (Å²) in [4.78, 5) is 10.4. The minimum Gasteiger partial charge on any atom is -0.313 e. The molecule has 5 nitrogen and oxygen atoms in total. The highest BCUT2D eigenvalue weighted by Crippen LogP contribution is 2.17. The Kier molecular flexibility index (Phi) is 5.15. The van der Waals surface area contributed by atoms with Crippen LogP contribution in [0.4, 0.5) is 0 Å². The second-order valence-corrected chi connectivity index (χ2v) is 5.18. The second kappa shape index (κ2) is 6.15. The predicted octanol–water partition coefficient (Wildman–Crippen LogP) is 1.16. The SMILES string of the molecule is CC(C)(CNCCNC1CCCC1)[N+](=O)[O-]. The third-order valence-corrected chi connectivity index (χ3v) is 3.14. The Morgan fingerprint density at radius 2 is 1.94 bits per heavy atom. The maximum absolute atomic E-state index is 10.6. The van der Waals surface area contributed by atoms with Crippen LogP contribution in [0.25, 0.3) is 0 Å². The van der Waals surface area contributed by atoms with Crippen LogP contribution in [0.15, 0.2) is 0 Å². The summed E-state index contributed by atoms with van der Waals surface area (Å²) in [5, 5.41) is 17.2. The van der Waals surface area contributed by atoms with Crippen LogP contribution >= 0.6 is 0 Å². The Morgan fingerprint density at radius 3 is 2.50 bits per heavy atom. The van der Waals surface area contributed by atoms with E-state index in [9.17, 15) is 10.1 Å². The third kappa shape index (κ3) is 4.45. The van der Waals surface area contributed by atoms with E-state index in [1.807, 2.05) is 0 Å². The molecular formula is C11H23N3O2. The van der Waals surface area contributed by atoms with Crippen LogP contribution < -0.4 is 10.6 Å². The van der Waals surface area contributed by atoms with Crippen molar-refractivity contribution in [2.75, 3.05) is 19.6 Å². The predicted molar refractivity (Wildman–Crippen MR) is 64.2 cm³/mol. The number of nitrogens with zero attached hydrogens (tertiary/aromatic N) is 1. The molecule has 1 fully saturated rings. The van der Waals surface area contributed by atoms with E-state index < -0.39 is 5.54 Å². The van der Waals surface area contributed by atoms with Crippen molar-refractivity contribution in [1.82, 2.24) is 10.6 Å². The molecule has 0 heterocycles. The Balaban J connectivity index is 2.01. The van der Waals surface area contributed by atoms with Crippen molar-refractivity contribution < 1.29 is 4.92 Å². The van der Waals surface area contributed by atoms with Crippen molar-refractivity contribution >= 4 is 0 Å². The van der Waals surface area contributed by atoms with E-state index in [-0.39, 0.29) is 4.92 Å². The fourth-order valence-electron chi connectivity index (χ4n) is 1.95. The first-order valence-electron chi connectivity index (χ1n) is 6.11. The van der Waals surface area contributed by atoms with Crippen molar-refractivity contribution in [3.63, 3.8) is 0 Å². The van der Waals surface area contributed by atoms with Crippen LogP contribution in [-0.4, -0.2) is 36.1 Å². The number of nitro groups is 1. The van der Waals surface area contributed by atoms with E-state index in [2.05, 4.69) is 10.6 Å². The van der Waals surface area contributed by atoms with Gasteiger partial charge in [-0.15, -0.1) is 0 Å². The molecule has 0 unspecified atom stereocenters. The van der Waals surface area contributed by atoms with Gasteiger partial charge in [0.05, 0.1) is 6.54 Å². The van der Waals surface area contributed by atoms with Gasteiger partial charge in [0.2, 0.25) is 5.54 Å². The molecule has 0 amide bonds. The highest BCUT2D eigenvalue weighted by Gasteiger charge is 2.29. The summed E-state index contributed by atoms with van der Waals surface area (Å²) in [5.74, 6) is 0. The molecule has 1 rings (SSSR count). The Hall–Kier alpha value is -0.680. The minimum atomic E-state index is -0.868. The molecule has 0 atom stereocenters. The zero-order valence-electron chi connectivity index (χ0n) is 10.3. The van der Waals surface area contributed by atoms with Gasteiger partial charge in [0.15, 0.2) is 0 Å². The van der Waals surface area contributed by atoms with Gasteiger partial charge < -0.3 is 10.6 Å². The van der Waals surface area contributed by atoms with Crippen LogP contribution in [-0.2, 0) is 0 Å². The molecule has 1 saturated carbocycles. The molecule has 0 spiro atoms. The molecule has 0 aromatic rings. The van der Waals surface area contributed by atoms with E-state index in [0.717, 1.165) is 13.1 Å². The summed E-state index contributed by atoms with van der Waals surface area (Å²) in [6.07, 6.45) is 5.22. The van der Waals surface area contributed by atoms with Crippen LogP contribution in [0, 0.1) is 10.1 Å². The van der Waals surface area contributed by atoms with Crippen molar-refractivity contribution in [1.29, 1.82) is 0 Å². The normalized spacial score (nSPS) is 17.9. The van der Waals surface area contributed by atoms with Gasteiger partial charge in [-0.3, -0.25) is 10.1 Å². The molecule has 5 heteroatoms. The molecule has 0 aromatic carbocycles. The maximum Gasteiger partial charge on any atom is 0.229 e. The van der Waals surface area contributed by atoms with Crippen molar-refractivity contribution in [3.8, 4) is 0 Å². The Labute approximate surface area is 97.1 Å². The van der Waals surface area contributed by atoms with Crippen LogP contribution in [0.5, 0.6) is 0 Å². The zero-order valence-corrected chi connectivity index (χ0v) is 10.3. The molecule has 2 N–H and O–H groups in total. The average molecular weight is 229 g/mol. The van der Waals surface area contributed by atoms with Crippen LogP contribution in [0.1, 0.15) is 39.5 Å². The number of rotatable bonds is 7. The molecule has 0 radical (unpaired) electrons. The lowest BCUT2D eigenvalue weighted by Gasteiger charge is -2.17. The Morgan fingerprint density at radius 1 is 1.31 bits per heavy atom. The average Bonchev–Trinajstić information content (AvgIpc) is 2.69. The van der Waals surface area contributed by atoms with Crippen molar-refractivity contribution in [3.05, 3.63) is 10.1 Å². The minimum absolute atomic E-state index is 0.232. The van der Waals surface area contributed by atoms with E-state index in [4.69, 9.17) is 0 Å². The first-order valence-corrected chi connectivity index (χ1v) is 6.11. The molecule has 0 aromatic heterocycles. The summed E-state index contributed by atoms with van der Waals surface area (Å²) >= 11 is 0. The highest BCUT2D eigenvalue weighted by molar-refractivity contribution is 4.75. The van der Waals surface area contributed by atoms with Gasteiger partial charge in [-0.25, -0.2) is 0 Å². The number of nitrogens with one attached hydrogen (secondary N) is 2. The van der Waals surface area contributed by atoms with Gasteiger partial charge in [0, 0.05) is 37.9 Å². The molecule has 0 saturated heterocycles. The number of hydrogen-bond donors (Lipinski definition) is 2. The summed E-state index contributed by atoms with van der Waals surface area (Å²) in [6.45, 7) is 5.41. The quantitative estimate of drug-likeness (QED) is 0.390. The van der Waals surface area contributed by atoms with Gasteiger partial charge in [-0.2, -0.15) is 0 Å². The first kappa shape index (κ1) is 13.4. The standard InChI is InChI=1S/C11H23N3O2/c1-11(2,14(15)16)9-12-7-8-13-10-5-3-4-6-10/h10,12-13H,3-9H2,1-2H3. The lowest BCUT2D eigenvalue weighted by atomic mass is 10.1. The number of hydrogen-bond acceptors (Lipinski definition) is 4. The molecular weight excluding hydrogens is 206 g/mol. The van der Waals surface area contributed by atoms with Gasteiger partial charge in [-0.1, -0.05) is 12.8 Å². The summed E-state index contributed by atoms with van der Waals surface area (Å²) in [6, 6.07) is 0.672. The molecule has 16 heavy (non-hydrogen) atoms. The van der Waals surface area contributed by atoms with Gasteiger partial charge in [0.1, 0.15) is 0 Å². The van der Waals surface area contributed by atoms with E-state index in [1.165, 1.54) is 25.7 Å². The zero-order chi connectivity index (χ0) is 12.0. The summed E-state index contributed by atoms with van der Waals surface area (Å²) in [7, 11) is 0. The fraction of sp³-hybridized carbons (Fsp3) is 1.00. The lowest BCUT2D eigenvalue weighted by molar-refractivity contribution is -0.558. The largest absolute Gasteiger partial charge is 0.313 e. The van der Waals surface area contributed by atoms with E-state index in [0.29, 0.717) is 12.6 Å². The molecule has 1 aliphatic rings. The van der Waals surface area contributed by atoms with Crippen LogP contribution in [0.2, 0.25) is 0 Å². The fourth-order valence-corrected chi connectivity index (χ4v) is 1.95. The third-order valence-electron chi connectivity index (χ3n) is 3.14. The van der Waals surface area contributed by atoms with Gasteiger partial charge in [-0.05, 0) is 12.8 Å². The van der Waals surface area contributed by atoms with E-state index in [1.54, 1.807) is 13.8 Å². The second-order valence-electron chi connectivity index (χ2n) is 5.18. The lowest BCUT2D eigenvalue weighted by Crippen LogP contribution is -2.44.